The first-order valence-corrected chi connectivity index (χ1v) is 6.21. The average Bonchev–Trinajstić information content (AvgIpc) is 2.96. The molecule has 3 aromatic heterocycles. The Labute approximate surface area is 107 Å². The number of pyridine rings is 1. The van der Waals surface area contributed by atoms with Gasteiger partial charge in [0.25, 0.3) is 0 Å². The van der Waals surface area contributed by atoms with Crippen molar-refractivity contribution in [3.05, 3.63) is 34.9 Å². The van der Waals surface area contributed by atoms with E-state index in [2.05, 4.69) is 15.1 Å². The van der Waals surface area contributed by atoms with Gasteiger partial charge in [-0.05, 0) is 13.0 Å². The summed E-state index contributed by atoms with van der Waals surface area (Å²) in [5.74, 6) is 0.281. The van der Waals surface area contributed by atoms with Crippen molar-refractivity contribution >= 4 is 17.2 Å². The van der Waals surface area contributed by atoms with Gasteiger partial charge in [0, 0.05) is 23.3 Å². The molecule has 0 spiro atoms. The predicted molar refractivity (Wildman–Crippen MR) is 70.0 cm³/mol. The third-order valence-electron chi connectivity index (χ3n) is 2.53. The van der Waals surface area contributed by atoms with E-state index in [1.165, 1.54) is 0 Å². The van der Waals surface area contributed by atoms with E-state index in [1.54, 1.807) is 23.7 Å². The number of aryl methyl sites for hydroxylation is 1. The molecule has 0 saturated carbocycles. The first-order valence-electron chi connectivity index (χ1n) is 5.34. The van der Waals surface area contributed by atoms with E-state index in [0.29, 0.717) is 5.69 Å². The maximum absolute atomic E-state index is 5.84. The van der Waals surface area contributed by atoms with Gasteiger partial charge in [0.1, 0.15) is 11.4 Å². The molecule has 0 aliphatic carbocycles. The molecule has 0 fully saturated rings. The van der Waals surface area contributed by atoms with Crippen LogP contribution in [0, 0.1) is 6.92 Å². The van der Waals surface area contributed by atoms with Crippen LogP contribution in [0.2, 0.25) is 0 Å². The quantitative estimate of drug-likeness (QED) is 0.764. The lowest BCUT2D eigenvalue weighted by molar-refractivity contribution is 0.439. The highest BCUT2D eigenvalue weighted by atomic mass is 32.1. The molecule has 18 heavy (non-hydrogen) atoms. The molecular weight excluding hydrogens is 248 g/mol. The zero-order valence-electron chi connectivity index (χ0n) is 9.62. The molecule has 6 heteroatoms. The van der Waals surface area contributed by atoms with Gasteiger partial charge < -0.3 is 10.3 Å². The Kier molecular flexibility index (Phi) is 2.56. The van der Waals surface area contributed by atoms with E-state index in [0.717, 1.165) is 21.8 Å². The van der Waals surface area contributed by atoms with Crippen molar-refractivity contribution in [3.8, 4) is 22.5 Å². The Morgan fingerprint density at radius 1 is 1.39 bits per heavy atom. The largest absolute Gasteiger partial charge is 0.367 e. The Morgan fingerprint density at radius 3 is 2.94 bits per heavy atom. The summed E-state index contributed by atoms with van der Waals surface area (Å²) in [5, 5.41) is 6.90. The van der Waals surface area contributed by atoms with Crippen molar-refractivity contribution < 1.29 is 4.52 Å². The van der Waals surface area contributed by atoms with Gasteiger partial charge in [0.05, 0.1) is 10.6 Å². The molecule has 0 saturated heterocycles. The summed E-state index contributed by atoms with van der Waals surface area (Å²) >= 11 is 1.56. The molecule has 90 valence electrons. The fourth-order valence-corrected chi connectivity index (χ4v) is 2.34. The minimum atomic E-state index is 0.281. The van der Waals surface area contributed by atoms with E-state index in [9.17, 15) is 0 Å². The molecule has 3 rings (SSSR count). The van der Waals surface area contributed by atoms with Crippen LogP contribution >= 0.6 is 11.3 Å². The third kappa shape index (κ3) is 1.76. The van der Waals surface area contributed by atoms with Crippen molar-refractivity contribution in [3.63, 3.8) is 0 Å². The van der Waals surface area contributed by atoms with Crippen LogP contribution in [0.1, 0.15) is 5.01 Å². The highest BCUT2D eigenvalue weighted by Crippen LogP contribution is 2.35. The molecule has 2 N–H and O–H groups in total. The van der Waals surface area contributed by atoms with Gasteiger partial charge in [-0.1, -0.05) is 11.2 Å². The number of hydrogen-bond donors (Lipinski definition) is 1. The van der Waals surface area contributed by atoms with Crippen LogP contribution in [0.4, 0.5) is 5.88 Å². The molecule has 3 heterocycles. The van der Waals surface area contributed by atoms with Crippen molar-refractivity contribution in [2.24, 2.45) is 0 Å². The van der Waals surface area contributed by atoms with Crippen LogP contribution in [0.5, 0.6) is 0 Å². The fraction of sp³-hybridized carbons (Fsp3) is 0.0833. The predicted octanol–water partition coefficient (Wildman–Crippen LogP) is 2.75. The minimum Gasteiger partial charge on any atom is -0.367 e. The number of thiazole rings is 1. The number of aromatic nitrogens is 3. The van der Waals surface area contributed by atoms with E-state index >= 15 is 0 Å². The van der Waals surface area contributed by atoms with Gasteiger partial charge in [-0.3, -0.25) is 4.98 Å². The highest BCUT2D eigenvalue weighted by molar-refractivity contribution is 7.09. The van der Waals surface area contributed by atoms with E-state index < -0.39 is 0 Å². The normalized spacial score (nSPS) is 10.7. The average molecular weight is 258 g/mol. The molecule has 0 radical (unpaired) electrons. The Morgan fingerprint density at radius 2 is 2.28 bits per heavy atom. The summed E-state index contributed by atoms with van der Waals surface area (Å²) in [4.78, 5) is 8.48. The summed E-state index contributed by atoms with van der Waals surface area (Å²) in [5.41, 5.74) is 8.88. The van der Waals surface area contributed by atoms with E-state index in [4.69, 9.17) is 10.3 Å². The molecule has 0 bridgehead atoms. The molecule has 0 aliphatic heterocycles. The van der Waals surface area contributed by atoms with Crippen molar-refractivity contribution in [2.75, 3.05) is 5.73 Å². The lowest BCUT2D eigenvalue weighted by Gasteiger charge is -1.99. The number of rotatable bonds is 2. The van der Waals surface area contributed by atoms with Gasteiger partial charge in [0.2, 0.25) is 5.88 Å². The van der Waals surface area contributed by atoms with Crippen LogP contribution < -0.4 is 5.73 Å². The molecule has 0 aliphatic rings. The summed E-state index contributed by atoms with van der Waals surface area (Å²) < 4.78 is 5.08. The number of hydrogen-bond acceptors (Lipinski definition) is 6. The lowest BCUT2D eigenvalue weighted by Crippen LogP contribution is -1.88. The monoisotopic (exact) mass is 258 g/mol. The number of nitrogens with two attached hydrogens (primary N) is 1. The van der Waals surface area contributed by atoms with Crippen LogP contribution in [0.15, 0.2) is 34.4 Å². The second-order valence-corrected chi connectivity index (χ2v) is 4.83. The first kappa shape index (κ1) is 10.9. The number of nitrogens with zero attached hydrogens (tertiary/aromatic N) is 3. The van der Waals surface area contributed by atoms with Crippen molar-refractivity contribution in [1.29, 1.82) is 0 Å². The van der Waals surface area contributed by atoms with Crippen LogP contribution in [0.3, 0.4) is 0 Å². The molecular formula is C12H10N4OS. The van der Waals surface area contributed by atoms with Crippen LogP contribution in [-0.4, -0.2) is 15.1 Å². The number of anilines is 1. The smallest absolute Gasteiger partial charge is 0.230 e. The standard InChI is InChI=1S/C12H10N4OS/c1-7-15-9(6-18-7)11-10(12(13)17-16-11)8-3-2-4-14-5-8/h2-6H,13H2,1H3. The van der Waals surface area contributed by atoms with Gasteiger partial charge in [-0.15, -0.1) is 11.3 Å². The minimum absolute atomic E-state index is 0.281. The molecule has 0 unspecified atom stereocenters. The summed E-state index contributed by atoms with van der Waals surface area (Å²) in [6, 6.07) is 3.76. The Hall–Kier alpha value is -2.21. The van der Waals surface area contributed by atoms with Gasteiger partial charge in [0.15, 0.2) is 0 Å². The summed E-state index contributed by atoms with van der Waals surface area (Å²) in [6.07, 6.45) is 3.44. The lowest BCUT2D eigenvalue weighted by atomic mass is 10.1. The van der Waals surface area contributed by atoms with Gasteiger partial charge >= 0.3 is 0 Å². The Bertz CT molecular complexity index is 674. The third-order valence-corrected chi connectivity index (χ3v) is 3.30. The van der Waals surface area contributed by atoms with E-state index in [1.807, 2.05) is 24.4 Å². The maximum atomic E-state index is 5.84. The highest BCUT2D eigenvalue weighted by Gasteiger charge is 2.19. The maximum Gasteiger partial charge on any atom is 0.230 e. The summed E-state index contributed by atoms with van der Waals surface area (Å²) in [7, 11) is 0. The molecule has 5 nitrogen and oxygen atoms in total. The van der Waals surface area contributed by atoms with Crippen LogP contribution in [0.25, 0.3) is 22.5 Å². The van der Waals surface area contributed by atoms with Gasteiger partial charge in [-0.25, -0.2) is 4.98 Å². The molecule has 0 atom stereocenters. The second-order valence-electron chi connectivity index (χ2n) is 3.76. The fourth-order valence-electron chi connectivity index (χ4n) is 1.74. The van der Waals surface area contributed by atoms with E-state index in [-0.39, 0.29) is 5.88 Å². The summed E-state index contributed by atoms with van der Waals surface area (Å²) in [6.45, 7) is 1.95. The second kappa shape index (κ2) is 4.23. The first-order chi connectivity index (χ1) is 8.75. The van der Waals surface area contributed by atoms with Crippen molar-refractivity contribution in [2.45, 2.75) is 6.92 Å². The molecule has 0 aromatic carbocycles. The topological polar surface area (TPSA) is 77.8 Å². The van der Waals surface area contributed by atoms with Crippen molar-refractivity contribution in [1.82, 2.24) is 15.1 Å². The molecule has 3 aromatic rings. The van der Waals surface area contributed by atoms with Crippen LogP contribution in [-0.2, 0) is 0 Å². The number of nitrogen functional groups attached to an aromatic ring is 1. The zero-order valence-corrected chi connectivity index (χ0v) is 10.4. The Balaban J connectivity index is 2.18. The zero-order chi connectivity index (χ0) is 12.5. The van der Waals surface area contributed by atoms with Gasteiger partial charge in [-0.2, -0.15) is 0 Å². The molecule has 0 amide bonds. The SMILES string of the molecule is Cc1nc(-c2noc(N)c2-c2cccnc2)cs1.